The first kappa shape index (κ1) is 20.5. The first-order valence-corrected chi connectivity index (χ1v) is 9.91. The molecular formula is C21H22N4O3S. The fourth-order valence-electron chi connectivity index (χ4n) is 2.67. The lowest BCUT2D eigenvalue weighted by Crippen LogP contribution is -2.23. The molecule has 2 N–H and O–H groups in total. The van der Waals surface area contributed by atoms with Gasteiger partial charge in [-0.1, -0.05) is 12.1 Å². The first-order valence-electron chi connectivity index (χ1n) is 9.03. The molecule has 7 nitrogen and oxygen atoms in total. The van der Waals surface area contributed by atoms with Crippen molar-refractivity contribution in [3.8, 4) is 5.88 Å². The van der Waals surface area contributed by atoms with Crippen LogP contribution in [0.15, 0.2) is 41.9 Å². The van der Waals surface area contributed by atoms with E-state index in [0.29, 0.717) is 23.7 Å². The summed E-state index contributed by atoms with van der Waals surface area (Å²) in [5.74, 6) is 0.124. The van der Waals surface area contributed by atoms with Gasteiger partial charge >= 0.3 is 0 Å². The molecule has 3 aromatic rings. The first-order chi connectivity index (χ1) is 13.9. The molecule has 2 aromatic heterocycles. The minimum absolute atomic E-state index is 0.166. The van der Waals surface area contributed by atoms with E-state index in [1.807, 2.05) is 31.4 Å². The topological polar surface area (TPSA) is 93.2 Å². The van der Waals surface area contributed by atoms with Crippen LogP contribution in [0.5, 0.6) is 5.88 Å². The van der Waals surface area contributed by atoms with Crippen molar-refractivity contribution in [3.05, 3.63) is 69.3 Å². The summed E-state index contributed by atoms with van der Waals surface area (Å²) in [4.78, 5) is 33.3. The zero-order valence-corrected chi connectivity index (χ0v) is 17.3. The summed E-state index contributed by atoms with van der Waals surface area (Å²) >= 11 is 1.51. The van der Waals surface area contributed by atoms with Crippen molar-refractivity contribution < 1.29 is 14.3 Å². The van der Waals surface area contributed by atoms with Crippen molar-refractivity contribution in [2.24, 2.45) is 0 Å². The number of methoxy groups -OCH3 is 1. The lowest BCUT2D eigenvalue weighted by Gasteiger charge is -2.11. The number of hydrogen-bond donors (Lipinski definition) is 2. The summed E-state index contributed by atoms with van der Waals surface area (Å²) in [7, 11) is 1.55. The maximum Gasteiger partial charge on any atom is 0.251 e. The van der Waals surface area contributed by atoms with Gasteiger partial charge < -0.3 is 15.4 Å². The largest absolute Gasteiger partial charge is 0.481 e. The number of pyridine rings is 1. The minimum Gasteiger partial charge on any atom is -0.481 e. The summed E-state index contributed by atoms with van der Waals surface area (Å²) in [6, 6.07) is 8.81. The van der Waals surface area contributed by atoms with Gasteiger partial charge in [-0.3, -0.25) is 9.59 Å². The number of amides is 2. The van der Waals surface area contributed by atoms with Gasteiger partial charge in [-0.15, -0.1) is 11.3 Å². The van der Waals surface area contributed by atoms with Crippen LogP contribution in [-0.4, -0.2) is 28.9 Å². The molecule has 0 aliphatic rings. The van der Waals surface area contributed by atoms with Crippen LogP contribution in [0.3, 0.4) is 0 Å². The number of benzene rings is 1. The molecule has 0 bridgehead atoms. The van der Waals surface area contributed by atoms with Crippen LogP contribution in [-0.2, 0) is 17.8 Å². The second-order valence-electron chi connectivity index (χ2n) is 6.50. The molecule has 3 rings (SSSR count). The number of nitrogens with one attached hydrogen (secondary N) is 2. The molecule has 8 heteroatoms. The second kappa shape index (κ2) is 9.29. The predicted molar refractivity (Wildman–Crippen MR) is 112 cm³/mol. The van der Waals surface area contributed by atoms with Crippen molar-refractivity contribution in [2.45, 2.75) is 26.8 Å². The highest BCUT2D eigenvalue weighted by molar-refractivity contribution is 7.09. The quantitative estimate of drug-likeness (QED) is 0.624. The number of carbonyl (C=O) groups is 2. The highest BCUT2D eigenvalue weighted by Gasteiger charge is 2.12. The lowest BCUT2D eigenvalue weighted by molar-refractivity contribution is -0.115. The number of ether oxygens (including phenoxy) is 1. The zero-order chi connectivity index (χ0) is 20.8. The fourth-order valence-corrected chi connectivity index (χ4v) is 3.28. The summed E-state index contributed by atoms with van der Waals surface area (Å²) in [6.45, 7) is 4.13. The van der Waals surface area contributed by atoms with Gasteiger partial charge in [-0.05, 0) is 37.1 Å². The average molecular weight is 410 g/mol. The number of rotatable bonds is 7. The van der Waals surface area contributed by atoms with Crippen LogP contribution in [0.1, 0.15) is 32.2 Å². The molecule has 0 atom stereocenters. The summed E-state index contributed by atoms with van der Waals surface area (Å²) in [5.41, 5.74) is 3.56. The average Bonchev–Trinajstić information content (AvgIpc) is 3.12. The molecule has 2 amide bonds. The maximum atomic E-state index is 12.5. The van der Waals surface area contributed by atoms with Gasteiger partial charge in [0.05, 0.1) is 24.2 Å². The Morgan fingerprint density at radius 3 is 2.66 bits per heavy atom. The van der Waals surface area contributed by atoms with E-state index in [2.05, 4.69) is 20.6 Å². The highest BCUT2D eigenvalue weighted by atomic mass is 32.1. The Balaban J connectivity index is 1.62. The van der Waals surface area contributed by atoms with Gasteiger partial charge in [0.25, 0.3) is 5.91 Å². The van der Waals surface area contributed by atoms with Crippen LogP contribution in [0, 0.1) is 13.8 Å². The van der Waals surface area contributed by atoms with Gasteiger partial charge in [0.2, 0.25) is 11.8 Å². The zero-order valence-electron chi connectivity index (χ0n) is 16.5. The van der Waals surface area contributed by atoms with E-state index >= 15 is 0 Å². The van der Waals surface area contributed by atoms with Crippen molar-refractivity contribution in [1.82, 2.24) is 15.3 Å². The molecule has 0 fully saturated rings. The Bertz CT molecular complexity index is 1020. The van der Waals surface area contributed by atoms with E-state index in [1.165, 1.54) is 11.3 Å². The molecule has 1 aromatic carbocycles. The van der Waals surface area contributed by atoms with Crippen molar-refractivity contribution >= 4 is 28.8 Å². The van der Waals surface area contributed by atoms with E-state index in [-0.39, 0.29) is 18.2 Å². The number of anilines is 1. The van der Waals surface area contributed by atoms with Crippen LogP contribution in [0.2, 0.25) is 0 Å². The SMILES string of the molecule is COc1ccc(CNC(=O)c2ccc(C)c(NC(=O)Cc3csc(C)n3)c2)cn1. The van der Waals surface area contributed by atoms with Gasteiger partial charge in [-0.25, -0.2) is 9.97 Å². The highest BCUT2D eigenvalue weighted by Crippen LogP contribution is 2.18. The number of aryl methyl sites for hydroxylation is 2. The van der Waals surface area contributed by atoms with Gasteiger partial charge in [-0.2, -0.15) is 0 Å². The number of thiazole rings is 1. The van der Waals surface area contributed by atoms with Crippen molar-refractivity contribution in [2.75, 3.05) is 12.4 Å². The molecule has 2 heterocycles. The standard InChI is InChI=1S/C21H22N4O3S/c1-13-4-6-16(21(27)23-11-15-5-7-20(28-3)22-10-15)8-18(13)25-19(26)9-17-12-29-14(2)24-17/h4-8,10,12H,9,11H2,1-3H3,(H,23,27)(H,25,26). The van der Waals surface area contributed by atoms with E-state index in [9.17, 15) is 9.59 Å². The Kier molecular flexibility index (Phi) is 6.56. The van der Waals surface area contributed by atoms with E-state index < -0.39 is 0 Å². The number of nitrogens with zero attached hydrogens (tertiary/aromatic N) is 2. The fraction of sp³-hybridized carbons (Fsp3) is 0.238. The smallest absolute Gasteiger partial charge is 0.251 e. The van der Waals surface area contributed by atoms with Crippen molar-refractivity contribution in [3.63, 3.8) is 0 Å². The summed E-state index contributed by atoms with van der Waals surface area (Å²) < 4.78 is 5.02. The Hall–Kier alpha value is -3.26. The molecule has 0 aliphatic carbocycles. The predicted octanol–water partition coefficient (Wildman–Crippen LogP) is 3.27. The summed E-state index contributed by atoms with van der Waals surface area (Å²) in [6.07, 6.45) is 1.85. The molecule has 0 aliphatic heterocycles. The molecular weight excluding hydrogens is 388 g/mol. The Labute approximate surface area is 173 Å². The summed E-state index contributed by atoms with van der Waals surface area (Å²) in [5, 5.41) is 8.53. The number of hydrogen-bond acceptors (Lipinski definition) is 6. The third-order valence-electron chi connectivity index (χ3n) is 4.24. The molecule has 0 saturated carbocycles. The van der Waals surface area contributed by atoms with Crippen LogP contribution < -0.4 is 15.4 Å². The Morgan fingerprint density at radius 1 is 1.17 bits per heavy atom. The molecule has 0 unspecified atom stereocenters. The normalized spacial score (nSPS) is 10.4. The van der Waals surface area contributed by atoms with Crippen LogP contribution >= 0.6 is 11.3 Å². The maximum absolute atomic E-state index is 12.5. The third-order valence-corrected chi connectivity index (χ3v) is 5.06. The Morgan fingerprint density at radius 2 is 2.00 bits per heavy atom. The van der Waals surface area contributed by atoms with Gasteiger partial charge in [0.1, 0.15) is 0 Å². The third kappa shape index (κ3) is 5.61. The molecule has 0 saturated heterocycles. The van der Waals surface area contributed by atoms with Crippen LogP contribution in [0.4, 0.5) is 5.69 Å². The van der Waals surface area contributed by atoms with Gasteiger partial charge in [0.15, 0.2) is 0 Å². The lowest BCUT2D eigenvalue weighted by atomic mass is 10.1. The van der Waals surface area contributed by atoms with Gasteiger partial charge in [0, 0.05) is 35.4 Å². The minimum atomic E-state index is -0.230. The second-order valence-corrected chi connectivity index (χ2v) is 7.57. The van der Waals surface area contributed by atoms with E-state index in [4.69, 9.17) is 4.74 Å². The van der Waals surface area contributed by atoms with E-state index in [1.54, 1.807) is 31.5 Å². The molecule has 29 heavy (non-hydrogen) atoms. The number of carbonyl (C=O) groups excluding carboxylic acids is 2. The van der Waals surface area contributed by atoms with Crippen molar-refractivity contribution in [1.29, 1.82) is 0 Å². The molecule has 150 valence electrons. The van der Waals surface area contributed by atoms with Crippen LogP contribution in [0.25, 0.3) is 0 Å². The monoisotopic (exact) mass is 410 g/mol. The molecule has 0 radical (unpaired) electrons. The molecule has 0 spiro atoms. The van der Waals surface area contributed by atoms with E-state index in [0.717, 1.165) is 21.8 Å². The number of aromatic nitrogens is 2.